The monoisotopic (exact) mass is 1030 g/mol. The van der Waals surface area contributed by atoms with Crippen LogP contribution in [0.15, 0.2) is 30.3 Å². The standard InChI is InChI=1S/C47H64ClFN8O11S2/c48-38-18-17-37(70-38)43(61)53-26-31-27-57(47(66)68-31)34-16-15-30(25-32(34)49)56-22-23-67-35(44(56)62)11-9-10-29(45(63)64)24-41(60)52-21-8-2-7-20-51-39(58)13-3-1-6-19-50-40(59)14-5-4-12-36-42-33(28-69-36)54-46(65)55-42/h15-18,25,29,31,33,35-36,42H,1-14,19-24,26-28H2,(H,50,59)(H,51,58)(H,52,60)(H,53,61)(H,63,64)(H2,54,55,65)/t29?,31-,33-,35?,36-,42-/m0/s1. The maximum absolute atomic E-state index is 15.5. The number of morpholine rings is 1. The van der Waals surface area contributed by atoms with Crippen molar-refractivity contribution in [2.24, 2.45) is 5.92 Å². The second-order valence-corrected chi connectivity index (χ2v) is 20.9. The molecule has 4 fully saturated rings. The summed E-state index contributed by atoms with van der Waals surface area (Å²) < 4.78 is 27.0. The molecule has 4 saturated heterocycles. The van der Waals surface area contributed by atoms with Gasteiger partial charge in [-0.3, -0.25) is 33.7 Å². The number of anilines is 2. The van der Waals surface area contributed by atoms with Crippen LogP contribution in [-0.4, -0.2) is 134 Å². The van der Waals surface area contributed by atoms with E-state index in [1.807, 2.05) is 11.8 Å². The molecule has 2 aromatic rings. The van der Waals surface area contributed by atoms with Crippen molar-refractivity contribution in [3.8, 4) is 0 Å². The Morgan fingerprint density at radius 3 is 2.21 bits per heavy atom. The van der Waals surface area contributed by atoms with Crippen molar-refractivity contribution in [1.29, 1.82) is 0 Å². The van der Waals surface area contributed by atoms with E-state index in [2.05, 4.69) is 31.9 Å². The Morgan fingerprint density at radius 2 is 1.53 bits per heavy atom. The number of fused-ring (bicyclic) bond motifs is 1. The van der Waals surface area contributed by atoms with E-state index in [0.717, 1.165) is 79.4 Å². The van der Waals surface area contributed by atoms with Gasteiger partial charge in [-0.2, -0.15) is 11.8 Å². The SMILES string of the molecule is O=C(CCCCCNC(=O)CCCC[C@@H]1SC[C@@H]2NC(=O)N[C@@H]21)NCCCCCNC(=O)CC(CCCC1OCCN(c2ccc(N3C[C@H](CNC(=O)c4ccc(Cl)s4)OC3=O)c(F)c2)C1=O)C(=O)O. The molecule has 2 unspecified atom stereocenters. The fourth-order valence-electron chi connectivity index (χ4n) is 8.85. The lowest BCUT2D eigenvalue weighted by Crippen LogP contribution is -2.48. The number of unbranched alkanes of at least 4 members (excludes halogenated alkanes) is 5. The Labute approximate surface area is 419 Å². The van der Waals surface area contributed by atoms with Gasteiger partial charge in [-0.15, -0.1) is 11.3 Å². The summed E-state index contributed by atoms with van der Waals surface area (Å²) in [5.74, 6) is -3.09. The van der Waals surface area contributed by atoms with Gasteiger partial charge >= 0.3 is 18.1 Å². The van der Waals surface area contributed by atoms with Gasteiger partial charge in [-0.25, -0.2) is 14.0 Å². The number of nitrogens with zero attached hydrogens (tertiary/aromatic N) is 2. The minimum Gasteiger partial charge on any atom is -0.481 e. The number of halogens is 2. The smallest absolute Gasteiger partial charge is 0.414 e. The van der Waals surface area contributed by atoms with Gasteiger partial charge in [0.15, 0.2) is 0 Å². The van der Waals surface area contributed by atoms with Crippen LogP contribution in [0, 0.1) is 11.7 Å². The fourth-order valence-corrected chi connectivity index (χ4v) is 11.4. The summed E-state index contributed by atoms with van der Waals surface area (Å²) in [6.45, 7) is 1.78. The molecular weight excluding hydrogens is 971 g/mol. The highest BCUT2D eigenvalue weighted by Crippen LogP contribution is 2.34. The molecule has 384 valence electrons. The van der Waals surface area contributed by atoms with Gasteiger partial charge in [0, 0.05) is 62.1 Å². The number of amides is 8. The third-order valence-corrected chi connectivity index (χ3v) is 15.4. The van der Waals surface area contributed by atoms with E-state index in [4.69, 9.17) is 21.1 Å². The maximum Gasteiger partial charge on any atom is 0.414 e. The van der Waals surface area contributed by atoms with Crippen LogP contribution in [0.25, 0.3) is 0 Å². The predicted octanol–water partition coefficient (Wildman–Crippen LogP) is 5.09. The fraction of sp³-hybridized carbons (Fsp3) is 0.617. The van der Waals surface area contributed by atoms with Crippen LogP contribution in [0.2, 0.25) is 4.34 Å². The number of thioether (sulfide) groups is 1. The summed E-state index contributed by atoms with van der Waals surface area (Å²) in [4.78, 5) is 102. The highest BCUT2D eigenvalue weighted by molar-refractivity contribution is 8.00. The van der Waals surface area contributed by atoms with E-state index in [-0.39, 0.29) is 99.1 Å². The first-order chi connectivity index (χ1) is 33.7. The molecule has 1 aromatic carbocycles. The summed E-state index contributed by atoms with van der Waals surface area (Å²) in [5, 5.41) is 27.5. The average molecular weight is 1040 g/mol. The zero-order valence-electron chi connectivity index (χ0n) is 39.1. The molecule has 5 heterocycles. The quantitative estimate of drug-likeness (QED) is 0.0416. The summed E-state index contributed by atoms with van der Waals surface area (Å²) in [5.41, 5.74) is 0.208. The third-order valence-electron chi connectivity index (χ3n) is 12.7. The number of benzene rings is 1. The molecule has 6 atom stereocenters. The number of thiophene rings is 1. The second-order valence-electron chi connectivity index (χ2n) is 17.9. The van der Waals surface area contributed by atoms with Crippen LogP contribution in [0.3, 0.4) is 0 Å². The van der Waals surface area contributed by atoms with Crippen LogP contribution < -0.4 is 41.7 Å². The molecule has 4 aliphatic rings. The van der Waals surface area contributed by atoms with Crippen molar-refractivity contribution in [1.82, 2.24) is 31.9 Å². The van der Waals surface area contributed by atoms with Crippen LogP contribution in [-0.2, 0) is 33.4 Å². The minimum atomic E-state index is -1.12. The highest BCUT2D eigenvalue weighted by atomic mass is 35.5. The summed E-state index contributed by atoms with van der Waals surface area (Å²) in [7, 11) is 0. The Morgan fingerprint density at radius 1 is 0.829 bits per heavy atom. The van der Waals surface area contributed by atoms with Gasteiger partial charge in [0.2, 0.25) is 17.7 Å². The lowest BCUT2D eigenvalue weighted by molar-refractivity contribution is -0.144. The first kappa shape index (κ1) is 54.1. The Balaban J connectivity index is 0.767. The number of nitrogens with one attached hydrogen (secondary N) is 6. The summed E-state index contributed by atoms with van der Waals surface area (Å²) in [6, 6.07) is 7.54. The number of ether oxygens (including phenoxy) is 2. The first-order valence-corrected chi connectivity index (χ1v) is 26.5. The highest BCUT2D eigenvalue weighted by Gasteiger charge is 2.42. The van der Waals surface area contributed by atoms with Crippen LogP contribution >= 0.6 is 34.7 Å². The Bertz CT molecular complexity index is 2170. The van der Waals surface area contributed by atoms with E-state index in [1.165, 1.54) is 17.0 Å². The van der Waals surface area contributed by atoms with Gasteiger partial charge in [0.05, 0.1) is 52.6 Å². The lowest BCUT2D eigenvalue weighted by atomic mass is 9.96. The second kappa shape index (κ2) is 27.4. The van der Waals surface area contributed by atoms with E-state index in [1.54, 1.807) is 12.1 Å². The first-order valence-electron chi connectivity index (χ1n) is 24.2. The van der Waals surface area contributed by atoms with Crippen molar-refractivity contribution in [2.45, 2.75) is 126 Å². The molecule has 0 aliphatic carbocycles. The largest absolute Gasteiger partial charge is 0.481 e. The molecule has 0 saturated carbocycles. The molecule has 0 radical (unpaired) electrons. The number of urea groups is 1. The van der Waals surface area contributed by atoms with Crippen molar-refractivity contribution in [2.75, 3.05) is 61.4 Å². The van der Waals surface area contributed by atoms with Gasteiger partial charge in [0.1, 0.15) is 18.0 Å². The number of cyclic esters (lactones) is 1. The van der Waals surface area contributed by atoms with E-state index in [9.17, 15) is 43.5 Å². The molecule has 4 aliphatic heterocycles. The number of aliphatic carboxylic acids is 1. The number of carbonyl (C=O) groups excluding carboxylic acids is 7. The molecule has 6 rings (SSSR count). The number of carboxylic acid groups (broad SMARTS) is 1. The predicted molar refractivity (Wildman–Crippen MR) is 263 cm³/mol. The molecule has 19 nitrogen and oxygen atoms in total. The number of hydrogen-bond donors (Lipinski definition) is 7. The van der Waals surface area contributed by atoms with Crippen molar-refractivity contribution in [3.05, 3.63) is 45.4 Å². The number of rotatable bonds is 29. The summed E-state index contributed by atoms with van der Waals surface area (Å²) in [6.07, 6.45) is 6.12. The Hall–Kier alpha value is -5.19. The van der Waals surface area contributed by atoms with Crippen LogP contribution in [0.5, 0.6) is 0 Å². The van der Waals surface area contributed by atoms with Crippen LogP contribution in [0.1, 0.15) is 106 Å². The summed E-state index contributed by atoms with van der Waals surface area (Å²) >= 11 is 8.89. The van der Waals surface area contributed by atoms with E-state index < -0.39 is 47.8 Å². The molecule has 70 heavy (non-hydrogen) atoms. The number of carboxylic acids is 1. The normalized spacial score (nSPS) is 21.1. The molecule has 0 spiro atoms. The molecule has 8 amide bonds. The average Bonchev–Trinajstić information content (AvgIpc) is 4.12. The Kier molecular flexibility index (Phi) is 21.2. The van der Waals surface area contributed by atoms with Gasteiger partial charge in [0.25, 0.3) is 11.8 Å². The van der Waals surface area contributed by atoms with Crippen molar-refractivity contribution >= 4 is 93.7 Å². The molecular formula is C47H64ClFN8O11S2. The van der Waals surface area contributed by atoms with Crippen molar-refractivity contribution in [3.63, 3.8) is 0 Å². The van der Waals surface area contributed by atoms with Crippen molar-refractivity contribution < 1.29 is 57.3 Å². The van der Waals surface area contributed by atoms with E-state index >= 15 is 4.39 Å². The third kappa shape index (κ3) is 16.4. The zero-order valence-corrected chi connectivity index (χ0v) is 41.5. The molecule has 7 N–H and O–H groups in total. The maximum atomic E-state index is 15.5. The zero-order chi connectivity index (χ0) is 50.0. The van der Waals surface area contributed by atoms with Crippen LogP contribution in [0.4, 0.5) is 25.4 Å². The molecule has 23 heteroatoms. The number of carbonyl (C=O) groups is 8. The minimum absolute atomic E-state index is 0.00721. The molecule has 1 aromatic heterocycles. The topological polar surface area (TPSA) is 254 Å². The lowest BCUT2D eigenvalue weighted by Gasteiger charge is -2.33. The van der Waals surface area contributed by atoms with E-state index in [0.29, 0.717) is 53.4 Å². The van der Waals surface area contributed by atoms with Gasteiger partial charge in [-0.05, 0) is 94.5 Å². The van der Waals surface area contributed by atoms with Gasteiger partial charge in [-0.1, -0.05) is 24.4 Å². The molecule has 0 bridgehead atoms. The number of hydrogen-bond acceptors (Lipinski definition) is 12. The van der Waals surface area contributed by atoms with Gasteiger partial charge < -0.3 is 51.4 Å².